The molecule has 31 heavy (non-hydrogen) atoms. The summed E-state index contributed by atoms with van der Waals surface area (Å²) in [4.78, 5) is 18.8. The van der Waals surface area contributed by atoms with Gasteiger partial charge in [0.15, 0.2) is 0 Å². The molecule has 0 aromatic heterocycles. The number of ether oxygens (including phenoxy) is 1. The van der Waals surface area contributed by atoms with Gasteiger partial charge in [0.25, 0.3) is 5.91 Å². The maximum atomic E-state index is 13.2. The smallest absolute Gasteiger partial charge is 0.406 e. The van der Waals surface area contributed by atoms with Crippen molar-refractivity contribution >= 4 is 39.3 Å². The fourth-order valence-electron chi connectivity index (χ4n) is 2.48. The highest BCUT2D eigenvalue weighted by molar-refractivity contribution is 7.93. The van der Waals surface area contributed by atoms with E-state index in [9.17, 15) is 22.2 Å². The average molecular weight is 476 g/mol. The third-order valence-electron chi connectivity index (χ3n) is 4.12. The van der Waals surface area contributed by atoms with E-state index in [1.165, 1.54) is 24.5 Å². The van der Waals surface area contributed by atoms with Crippen molar-refractivity contribution in [2.75, 3.05) is 19.8 Å². The molecule has 0 aliphatic rings. The van der Waals surface area contributed by atoms with Gasteiger partial charge in [-0.15, -0.1) is 13.2 Å². The molecular weight excluding hydrogens is 455 g/mol. The Morgan fingerprint density at radius 1 is 1.29 bits per heavy atom. The Morgan fingerprint density at radius 2 is 1.97 bits per heavy atom. The second-order valence-electron chi connectivity index (χ2n) is 6.66. The van der Waals surface area contributed by atoms with Gasteiger partial charge in [0.05, 0.1) is 31.7 Å². The summed E-state index contributed by atoms with van der Waals surface area (Å²) >= 11 is 6.26. The number of rotatable bonds is 6. The number of alkyl halides is 3. The first kappa shape index (κ1) is 24.7. The van der Waals surface area contributed by atoms with Crippen molar-refractivity contribution in [3.8, 4) is 5.75 Å². The van der Waals surface area contributed by atoms with Crippen molar-refractivity contribution in [3.05, 3.63) is 52.5 Å². The molecule has 0 saturated carbocycles. The predicted molar refractivity (Wildman–Crippen MR) is 115 cm³/mol. The summed E-state index contributed by atoms with van der Waals surface area (Å²) in [5.74, 6) is -1.52. The predicted octanol–water partition coefficient (Wildman–Crippen LogP) is 5.46. The quantitative estimate of drug-likeness (QED) is 0.411. The Labute approximate surface area is 183 Å². The van der Waals surface area contributed by atoms with Gasteiger partial charge in [0, 0.05) is 25.4 Å². The van der Waals surface area contributed by atoms with E-state index in [0.717, 1.165) is 18.7 Å². The largest absolute Gasteiger partial charge is 0.573 e. The molecular formula is C20H21ClF3N3O3S. The molecule has 6 nitrogen and oxygen atoms in total. The number of carbonyl (C=O) groups excluding carboxylic acids is 1. The summed E-state index contributed by atoms with van der Waals surface area (Å²) in [6.45, 7) is 4.38. The SMILES string of the molecule is CCN(C)C=Nc1cc(C)c(S(C)(=O)=NC(=O)c2cccc(OC(F)(F)F)c2)cc1Cl. The van der Waals surface area contributed by atoms with Crippen LogP contribution in [0.2, 0.25) is 5.02 Å². The lowest BCUT2D eigenvalue weighted by Crippen LogP contribution is -2.17. The molecule has 0 aliphatic carbocycles. The van der Waals surface area contributed by atoms with Gasteiger partial charge in [-0.1, -0.05) is 17.7 Å². The second-order valence-corrected chi connectivity index (χ2v) is 9.30. The van der Waals surface area contributed by atoms with Crippen LogP contribution in [-0.2, 0) is 9.73 Å². The van der Waals surface area contributed by atoms with E-state index in [4.69, 9.17) is 11.6 Å². The maximum Gasteiger partial charge on any atom is 0.573 e. The van der Waals surface area contributed by atoms with Crippen molar-refractivity contribution < 1.29 is 26.9 Å². The van der Waals surface area contributed by atoms with Crippen LogP contribution in [0.5, 0.6) is 5.75 Å². The van der Waals surface area contributed by atoms with Gasteiger partial charge < -0.3 is 9.64 Å². The Balaban J connectivity index is 2.40. The molecule has 0 heterocycles. The normalized spacial score (nSPS) is 13.7. The van der Waals surface area contributed by atoms with Crippen molar-refractivity contribution in [1.82, 2.24) is 4.90 Å². The summed E-state index contributed by atoms with van der Waals surface area (Å²) in [7, 11) is -1.40. The third-order valence-corrected chi connectivity index (χ3v) is 6.19. The molecule has 2 aromatic carbocycles. The lowest BCUT2D eigenvalue weighted by atomic mass is 10.2. The van der Waals surface area contributed by atoms with E-state index in [2.05, 4.69) is 14.1 Å². The highest BCUT2D eigenvalue weighted by atomic mass is 35.5. The minimum atomic E-state index is -4.90. The number of aryl methyl sites for hydroxylation is 1. The number of nitrogens with zero attached hydrogens (tertiary/aromatic N) is 3. The van der Waals surface area contributed by atoms with Crippen molar-refractivity contribution in [2.45, 2.75) is 25.1 Å². The van der Waals surface area contributed by atoms with Gasteiger partial charge in [0.1, 0.15) is 5.75 Å². The van der Waals surface area contributed by atoms with Gasteiger partial charge in [0.2, 0.25) is 0 Å². The highest BCUT2D eigenvalue weighted by Gasteiger charge is 2.31. The molecule has 2 aromatic rings. The minimum Gasteiger partial charge on any atom is -0.406 e. The van der Waals surface area contributed by atoms with Gasteiger partial charge in [-0.3, -0.25) is 4.79 Å². The van der Waals surface area contributed by atoms with Crippen molar-refractivity contribution in [1.29, 1.82) is 0 Å². The van der Waals surface area contributed by atoms with E-state index in [-0.39, 0.29) is 15.5 Å². The first-order valence-electron chi connectivity index (χ1n) is 8.99. The van der Waals surface area contributed by atoms with Crippen LogP contribution in [0.15, 0.2) is 50.6 Å². The highest BCUT2D eigenvalue weighted by Crippen LogP contribution is 2.31. The van der Waals surface area contributed by atoms with Gasteiger partial charge in [-0.2, -0.15) is 4.36 Å². The fraction of sp³-hybridized carbons (Fsp3) is 0.300. The molecule has 2 rings (SSSR count). The van der Waals surface area contributed by atoms with Crippen LogP contribution in [0, 0.1) is 6.92 Å². The zero-order valence-corrected chi connectivity index (χ0v) is 18.8. The zero-order valence-electron chi connectivity index (χ0n) is 17.2. The number of amides is 1. The number of hydrogen-bond acceptors (Lipinski definition) is 4. The van der Waals surface area contributed by atoms with Crippen LogP contribution < -0.4 is 4.74 Å². The first-order chi connectivity index (χ1) is 14.3. The lowest BCUT2D eigenvalue weighted by Gasteiger charge is -2.12. The maximum absolute atomic E-state index is 13.2. The molecule has 0 aliphatic heterocycles. The monoisotopic (exact) mass is 475 g/mol. The van der Waals surface area contributed by atoms with E-state index >= 15 is 0 Å². The van der Waals surface area contributed by atoms with Crippen LogP contribution in [0.25, 0.3) is 0 Å². The lowest BCUT2D eigenvalue weighted by molar-refractivity contribution is -0.274. The molecule has 11 heteroatoms. The molecule has 1 amide bonds. The van der Waals surface area contributed by atoms with E-state index in [0.29, 0.717) is 11.3 Å². The Hall–Kier alpha value is -2.59. The van der Waals surface area contributed by atoms with Crippen molar-refractivity contribution in [2.24, 2.45) is 9.36 Å². The molecule has 0 bridgehead atoms. The third kappa shape index (κ3) is 6.96. The standard InChI is InChI=1S/C20H21ClF3N3O3S/c1-5-27(3)12-25-17-9-13(2)18(11-16(17)21)31(4,29)26-19(28)14-7-6-8-15(10-14)30-20(22,23)24/h6-12H,5H2,1-4H3. The number of carbonyl (C=O) groups is 1. The van der Waals surface area contributed by atoms with Gasteiger partial charge in [-0.05, 0) is 49.7 Å². The van der Waals surface area contributed by atoms with Crippen LogP contribution in [0.3, 0.4) is 0 Å². The number of hydrogen-bond donors (Lipinski definition) is 0. The number of aliphatic imine (C=N–C) groups is 1. The van der Waals surface area contributed by atoms with Gasteiger partial charge in [-0.25, -0.2) is 9.20 Å². The summed E-state index contributed by atoms with van der Waals surface area (Å²) in [5.41, 5.74) is 0.819. The van der Waals surface area contributed by atoms with Crippen LogP contribution in [0.1, 0.15) is 22.8 Å². The molecule has 168 valence electrons. The first-order valence-corrected chi connectivity index (χ1v) is 11.3. The molecule has 1 unspecified atom stereocenters. The summed E-state index contributed by atoms with van der Waals surface area (Å²) in [6, 6.07) is 7.45. The number of benzene rings is 2. The van der Waals surface area contributed by atoms with E-state index in [1.807, 2.05) is 18.9 Å². The molecule has 0 fully saturated rings. The molecule has 0 N–H and O–H groups in total. The van der Waals surface area contributed by atoms with Crippen LogP contribution >= 0.6 is 11.6 Å². The van der Waals surface area contributed by atoms with Crippen LogP contribution in [0.4, 0.5) is 18.9 Å². The fourth-order valence-corrected chi connectivity index (χ4v) is 4.27. The minimum absolute atomic E-state index is 0.191. The van der Waals surface area contributed by atoms with E-state index in [1.54, 1.807) is 19.3 Å². The Morgan fingerprint density at radius 3 is 2.58 bits per heavy atom. The summed E-state index contributed by atoms with van der Waals surface area (Å²) in [5, 5.41) is 0.221. The molecule has 1 atom stereocenters. The topological polar surface area (TPSA) is 71.3 Å². The second kappa shape index (κ2) is 9.69. The molecule has 0 spiro atoms. The van der Waals surface area contributed by atoms with Crippen LogP contribution in [-0.4, -0.2) is 47.6 Å². The molecule has 0 saturated heterocycles. The zero-order chi connectivity index (χ0) is 23.4. The van der Waals surface area contributed by atoms with E-state index < -0.39 is 27.7 Å². The summed E-state index contributed by atoms with van der Waals surface area (Å²) < 4.78 is 57.9. The summed E-state index contributed by atoms with van der Waals surface area (Å²) in [6.07, 6.45) is -2.04. The average Bonchev–Trinajstić information content (AvgIpc) is 2.66. The van der Waals surface area contributed by atoms with Gasteiger partial charge >= 0.3 is 6.36 Å². The number of halogens is 4. The van der Waals surface area contributed by atoms with Crippen molar-refractivity contribution in [3.63, 3.8) is 0 Å². The Bertz CT molecular complexity index is 1130. The Kier molecular flexibility index (Phi) is 7.72. The molecule has 0 radical (unpaired) electrons.